The topological polar surface area (TPSA) is 118 Å². The number of nitrogens with one attached hydrogen (secondary N) is 2. The van der Waals surface area contributed by atoms with Gasteiger partial charge in [-0.3, -0.25) is 9.78 Å². The fourth-order valence-electron chi connectivity index (χ4n) is 4.49. The first kappa shape index (κ1) is 25.6. The third kappa shape index (κ3) is 5.34. The molecule has 0 saturated carbocycles. The minimum absolute atomic E-state index is 0.0921. The number of hydrogen-bond donors (Lipinski definition) is 2. The Morgan fingerprint density at radius 1 is 1.11 bits per heavy atom. The predicted molar refractivity (Wildman–Crippen MR) is 137 cm³/mol. The summed E-state index contributed by atoms with van der Waals surface area (Å²) >= 11 is 0. The standard InChI is InChI=1S/C26H30N4O5S/c1-4-35-26(32)30-15-13-22(17(2)16-30)29-36(33,34)24-12-11-23(20-8-5-6-9-21(20)24)28-25(31)19-10-7-14-27-18(19)3/h5-12,14,17,22,29H,4,13,15-16H2,1-3H3,(H,28,31)/t17-,22-/m1/s1. The molecule has 4 rings (SSSR count). The summed E-state index contributed by atoms with van der Waals surface area (Å²) < 4.78 is 34.8. The highest BCUT2D eigenvalue weighted by molar-refractivity contribution is 7.89. The fraction of sp³-hybridized carbons (Fsp3) is 0.346. The van der Waals surface area contributed by atoms with E-state index in [1.807, 2.05) is 6.92 Å². The van der Waals surface area contributed by atoms with E-state index in [2.05, 4.69) is 15.0 Å². The van der Waals surface area contributed by atoms with Crippen molar-refractivity contribution in [1.82, 2.24) is 14.6 Å². The highest BCUT2D eigenvalue weighted by Gasteiger charge is 2.33. The van der Waals surface area contributed by atoms with E-state index < -0.39 is 10.0 Å². The van der Waals surface area contributed by atoms with Crippen molar-refractivity contribution in [2.45, 2.75) is 38.1 Å². The molecule has 2 amide bonds. The van der Waals surface area contributed by atoms with Gasteiger partial charge in [0.2, 0.25) is 10.0 Å². The second-order valence-corrected chi connectivity index (χ2v) is 10.6. The monoisotopic (exact) mass is 510 g/mol. The van der Waals surface area contributed by atoms with Crippen molar-refractivity contribution in [3.05, 3.63) is 66.0 Å². The third-order valence-electron chi connectivity index (χ3n) is 6.41. The Morgan fingerprint density at radius 2 is 1.86 bits per heavy atom. The van der Waals surface area contributed by atoms with E-state index in [-0.39, 0.29) is 28.9 Å². The number of aromatic nitrogens is 1. The van der Waals surface area contributed by atoms with Crippen molar-refractivity contribution in [1.29, 1.82) is 0 Å². The van der Waals surface area contributed by atoms with Crippen LogP contribution in [0.5, 0.6) is 0 Å². The molecule has 9 nitrogen and oxygen atoms in total. The molecule has 0 unspecified atom stereocenters. The summed E-state index contributed by atoms with van der Waals surface area (Å²) in [5, 5.41) is 4.01. The molecule has 2 heterocycles. The Hall–Kier alpha value is -3.50. The number of anilines is 1. The van der Waals surface area contributed by atoms with Crippen molar-refractivity contribution < 1.29 is 22.7 Å². The molecule has 2 atom stereocenters. The summed E-state index contributed by atoms with van der Waals surface area (Å²) in [6, 6.07) is 13.2. The second kappa shape index (κ2) is 10.6. The number of benzene rings is 2. The Balaban J connectivity index is 1.57. The van der Waals surface area contributed by atoms with Crippen LogP contribution in [0.1, 0.15) is 36.3 Å². The molecular formula is C26H30N4O5S. The molecule has 2 aromatic carbocycles. The summed E-state index contributed by atoms with van der Waals surface area (Å²) in [4.78, 5) is 30.8. The molecule has 0 radical (unpaired) electrons. The SMILES string of the molecule is CCOC(=O)N1CC[C@@H](NS(=O)(=O)c2ccc(NC(=O)c3cccnc3C)c3ccccc23)[C@H](C)C1. The normalized spacial score (nSPS) is 18.1. The van der Waals surface area contributed by atoms with Crippen molar-refractivity contribution >= 4 is 38.5 Å². The first-order valence-corrected chi connectivity index (χ1v) is 13.4. The molecule has 0 bridgehead atoms. The largest absolute Gasteiger partial charge is 0.450 e. The third-order valence-corrected chi connectivity index (χ3v) is 7.96. The van der Waals surface area contributed by atoms with E-state index in [4.69, 9.17) is 4.74 Å². The number of hydrogen-bond acceptors (Lipinski definition) is 6. The van der Waals surface area contributed by atoms with Crippen LogP contribution in [0.4, 0.5) is 10.5 Å². The van der Waals surface area contributed by atoms with Gasteiger partial charge in [0.15, 0.2) is 0 Å². The molecule has 36 heavy (non-hydrogen) atoms. The molecule has 1 aromatic heterocycles. The van der Waals surface area contributed by atoms with E-state index in [0.717, 1.165) is 0 Å². The number of rotatable bonds is 6. The number of amides is 2. The number of fused-ring (bicyclic) bond motifs is 1. The molecule has 190 valence electrons. The van der Waals surface area contributed by atoms with Gasteiger partial charge in [0, 0.05) is 47.5 Å². The highest BCUT2D eigenvalue weighted by atomic mass is 32.2. The summed E-state index contributed by atoms with van der Waals surface area (Å²) in [7, 11) is -3.88. The minimum Gasteiger partial charge on any atom is -0.450 e. The maximum atomic E-state index is 13.5. The Morgan fingerprint density at radius 3 is 2.56 bits per heavy atom. The van der Waals surface area contributed by atoms with Gasteiger partial charge in [-0.2, -0.15) is 0 Å². The lowest BCUT2D eigenvalue weighted by Gasteiger charge is -2.36. The number of nitrogens with zero attached hydrogens (tertiary/aromatic N) is 2. The maximum absolute atomic E-state index is 13.5. The molecule has 1 saturated heterocycles. The van der Waals surface area contributed by atoms with Crippen LogP contribution in [0.3, 0.4) is 0 Å². The molecule has 10 heteroatoms. The predicted octanol–water partition coefficient (Wildman–Crippen LogP) is 3.94. The number of ether oxygens (including phenoxy) is 1. The van der Waals surface area contributed by atoms with Crippen molar-refractivity contribution in [2.24, 2.45) is 5.92 Å². The first-order chi connectivity index (χ1) is 17.2. The summed E-state index contributed by atoms with van der Waals surface area (Å²) in [5.41, 5.74) is 1.56. The lowest BCUT2D eigenvalue weighted by molar-refractivity contribution is 0.0846. The van der Waals surface area contributed by atoms with Crippen LogP contribution >= 0.6 is 0 Å². The van der Waals surface area contributed by atoms with E-state index in [1.54, 1.807) is 67.4 Å². The van der Waals surface area contributed by atoms with Gasteiger partial charge in [0.1, 0.15) is 0 Å². The van der Waals surface area contributed by atoms with Crippen molar-refractivity contribution in [3.63, 3.8) is 0 Å². The van der Waals surface area contributed by atoms with E-state index >= 15 is 0 Å². The maximum Gasteiger partial charge on any atom is 0.409 e. The van der Waals surface area contributed by atoms with Gasteiger partial charge in [0.05, 0.1) is 17.1 Å². The van der Waals surface area contributed by atoms with E-state index in [9.17, 15) is 18.0 Å². The zero-order chi connectivity index (χ0) is 25.9. The van der Waals surface area contributed by atoms with Crippen LogP contribution in [-0.2, 0) is 14.8 Å². The average Bonchev–Trinajstić information content (AvgIpc) is 2.85. The van der Waals surface area contributed by atoms with Gasteiger partial charge in [-0.05, 0) is 50.5 Å². The Kier molecular flexibility index (Phi) is 7.56. The van der Waals surface area contributed by atoms with Crippen molar-refractivity contribution in [3.8, 4) is 0 Å². The van der Waals surface area contributed by atoms with Crippen LogP contribution in [0, 0.1) is 12.8 Å². The molecule has 1 fully saturated rings. The number of piperidine rings is 1. The van der Waals surface area contributed by atoms with Crippen LogP contribution in [0.15, 0.2) is 59.6 Å². The zero-order valence-electron chi connectivity index (χ0n) is 20.5. The second-order valence-electron chi connectivity index (χ2n) is 8.89. The van der Waals surface area contributed by atoms with E-state index in [1.165, 1.54) is 6.07 Å². The smallest absolute Gasteiger partial charge is 0.409 e. The van der Waals surface area contributed by atoms with Crippen molar-refractivity contribution in [2.75, 3.05) is 25.0 Å². The molecule has 3 aromatic rings. The molecule has 1 aliphatic heterocycles. The Labute approximate surface area is 210 Å². The average molecular weight is 511 g/mol. The molecule has 0 aliphatic carbocycles. The quantitative estimate of drug-likeness (QED) is 0.519. The zero-order valence-corrected chi connectivity index (χ0v) is 21.3. The number of carbonyl (C=O) groups is 2. The molecule has 2 N–H and O–H groups in total. The molecular weight excluding hydrogens is 480 g/mol. The van der Waals surface area contributed by atoms with Crippen LogP contribution in [0.2, 0.25) is 0 Å². The number of pyridine rings is 1. The lowest BCUT2D eigenvalue weighted by atomic mass is 9.95. The van der Waals surface area contributed by atoms with Gasteiger partial charge >= 0.3 is 6.09 Å². The summed E-state index contributed by atoms with van der Waals surface area (Å²) in [6.07, 6.45) is 1.72. The van der Waals surface area contributed by atoms with Crippen LogP contribution < -0.4 is 10.0 Å². The molecule has 1 aliphatic rings. The summed E-state index contributed by atoms with van der Waals surface area (Å²) in [6.45, 7) is 6.54. The minimum atomic E-state index is -3.88. The first-order valence-electron chi connectivity index (χ1n) is 11.9. The highest BCUT2D eigenvalue weighted by Crippen LogP contribution is 2.31. The number of sulfonamides is 1. The van der Waals surface area contributed by atoms with Gasteiger partial charge in [-0.25, -0.2) is 17.9 Å². The van der Waals surface area contributed by atoms with Gasteiger partial charge in [0.25, 0.3) is 5.91 Å². The number of likely N-dealkylation sites (tertiary alicyclic amines) is 1. The Bertz CT molecular complexity index is 1390. The van der Waals surface area contributed by atoms with Gasteiger partial charge in [-0.1, -0.05) is 31.2 Å². The van der Waals surface area contributed by atoms with E-state index in [0.29, 0.717) is 53.8 Å². The van der Waals surface area contributed by atoms with Crippen LogP contribution in [0.25, 0.3) is 10.8 Å². The number of carbonyl (C=O) groups excluding carboxylic acids is 2. The lowest BCUT2D eigenvalue weighted by Crippen LogP contribution is -2.51. The summed E-state index contributed by atoms with van der Waals surface area (Å²) in [5.74, 6) is -0.410. The van der Waals surface area contributed by atoms with Crippen LogP contribution in [-0.4, -0.2) is 56.0 Å². The van der Waals surface area contributed by atoms with Gasteiger partial charge in [-0.15, -0.1) is 0 Å². The fourth-order valence-corrected chi connectivity index (χ4v) is 6.08. The van der Waals surface area contributed by atoms with Gasteiger partial charge < -0.3 is 15.0 Å². The number of aryl methyl sites for hydroxylation is 1. The molecule has 0 spiro atoms.